The Morgan fingerprint density at radius 2 is 0.729 bits per heavy atom. The third-order valence-corrected chi connectivity index (χ3v) is 17.0. The Bertz CT molecular complexity index is 1620. The highest BCUT2D eigenvalue weighted by Gasteiger charge is 2.44. The summed E-state index contributed by atoms with van der Waals surface area (Å²) in [6, 6.07) is -0.809. The van der Waals surface area contributed by atoms with Gasteiger partial charge >= 0.3 is 0 Å². The summed E-state index contributed by atoms with van der Waals surface area (Å²) < 4.78 is 11.3. The highest BCUT2D eigenvalue weighted by atomic mass is 16.7. The number of rotatable bonds is 63. The van der Waals surface area contributed by atoms with Gasteiger partial charge in [-0.05, 0) is 70.6 Å². The summed E-state index contributed by atoms with van der Waals surface area (Å²) in [5.41, 5.74) is 0. The average molecular weight is 1190 g/mol. The maximum Gasteiger partial charge on any atom is 0.220 e. The Morgan fingerprint density at radius 3 is 1.08 bits per heavy atom. The molecule has 1 aliphatic rings. The van der Waals surface area contributed by atoms with Crippen molar-refractivity contribution in [3.8, 4) is 0 Å². The second kappa shape index (κ2) is 64.4. The summed E-state index contributed by atoms with van der Waals surface area (Å²) in [4.78, 5) is 13.1. The second-order valence-corrected chi connectivity index (χ2v) is 25.0. The van der Waals surface area contributed by atoms with E-state index >= 15 is 0 Å². The number of ether oxygens (including phenoxy) is 2. The van der Waals surface area contributed by atoms with E-state index in [0.717, 1.165) is 77.0 Å². The van der Waals surface area contributed by atoms with Crippen molar-refractivity contribution in [2.24, 2.45) is 0 Å². The number of unbranched alkanes of at least 4 members (excludes halogenated alkanes) is 41. The fraction of sp³-hybridized carbons (Fsp3) is 0.803. The van der Waals surface area contributed by atoms with E-state index in [0.29, 0.717) is 6.42 Å². The normalized spacial score (nSPS) is 18.6. The highest BCUT2D eigenvalue weighted by molar-refractivity contribution is 5.76. The first-order valence-electron chi connectivity index (χ1n) is 36.3. The van der Waals surface area contributed by atoms with E-state index in [2.05, 4.69) is 92.1 Å². The molecule has 0 radical (unpaired) electrons. The third-order valence-electron chi connectivity index (χ3n) is 17.0. The summed E-state index contributed by atoms with van der Waals surface area (Å²) in [6.45, 7) is 3.71. The fourth-order valence-corrected chi connectivity index (χ4v) is 11.3. The van der Waals surface area contributed by atoms with Crippen molar-refractivity contribution < 1.29 is 39.8 Å². The third kappa shape index (κ3) is 53.0. The van der Waals surface area contributed by atoms with Crippen molar-refractivity contribution in [2.75, 3.05) is 13.2 Å². The lowest BCUT2D eigenvalue weighted by Gasteiger charge is -2.40. The predicted molar refractivity (Wildman–Crippen MR) is 364 cm³/mol. The van der Waals surface area contributed by atoms with Crippen LogP contribution in [-0.4, -0.2) is 87.5 Å². The first kappa shape index (κ1) is 80.4. The van der Waals surface area contributed by atoms with Crippen LogP contribution in [0.15, 0.2) is 85.1 Å². The predicted octanol–water partition coefficient (Wildman–Crippen LogP) is 20.1. The number of hydrogen-bond acceptors (Lipinski definition) is 8. The molecule has 0 spiro atoms. The van der Waals surface area contributed by atoms with Gasteiger partial charge in [-0.2, -0.15) is 0 Å². The van der Waals surface area contributed by atoms with Gasteiger partial charge in [0.1, 0.15) is 24.4 Å². The molecular weight excluding hydrogens is 1050 g/mol. The summed E-state index contributed by atoms with van der Waals surface area (Å²) in [5, 5.41) is 54.8. The van der Waals surface area contributed by atoms with Gasteiger partial charge < -0.3 is 40.3 Å². The Hall–Kier alpha value is -2.63. The molecule has 9 nitrogen and oxygen atoms in total. The van der Waals surface area contributed by atoms with Crippen LogP contribution < -0.4 is 5.32 Å². The van der Waals surface area contributed by atoms with Crippen LogP contribution in [0.2, 0.25) is 0 Å². The maximum atomic E-state index is 13.1. The van der Waals surface area contributed by atoms with Crippen LogP contribution in [0.1, 0.15) is 335 Å². The van der Waals surface area contributed by atoms with Gasteiger partial charge in [-0.15, -0.1) is 0 Å². The average Bonchev–Trinajstić information content (AvgIpc) is 3.57. The molecule has 0 aliphatic carbocycles. The van der Waals surface area contributed by atoms with E-state index in [1.807, 2.05) is 6.08 Å². The monoisotopic (exact) mass is 1190 g/mol. The van der Waals surface area contributed by atoms with Crippen molar-refractivity contribution in [2.45, 2.75) is 378 Å². The minimum atomic E-state index is -1.57. The van der Waals surface area contributed by atoms with Crippen molar-refractivity contribution in [3.63, 3.8) is 0 Å². The van der Waals surface area contributed by atoms with Crippen LogP contribution in [-0.2, 0) is 14.3 Å². The van der Waals surface area contributed by atoms with Crippen molar-refractivity contribution >= 4 is 5.91 Å². The molecule has 1 amide bonds. The smallest absolute Gasteiger partial charge is 0.220 e. The fourth-order valence-electron chi connectivity index (χ4n) is 11.3. The summed E-state index contributed by atoms with van der Waals surface area (Å²) in [7, 11) is 0. The van der Waals surface area contributed by atoms with Gasteiger partial charge in [-0.1, -0.05) is 343 Å². The molecule has 0 bridgehead atoms. The molecule has 494 valence electrons. The van der Waals surface area contributed by atoms with Crippen LogP contribution >= 0.6 is 0 Å². The molecule has 6 N–H and O–H groups in total. The Labute approximate surface area is 524 Å². The molecule has 7 unspecified atom stereocenters. The topological polar surface area (TPSA) is 149 Å². The molecule has 0 aromatic rings. The number of allylic oxidation sites excluding steroid dienone is 13. The zero-order valence-corrected chi connectivity index (χ0v) is 55.4. The molecule has 1 aliphatic heterocycles. The number of aliphatic hydroxyl groups is 5. The van der Waals surface area contributed by atoms with E-state index < -0.39 is 49.5 Å². The Morgan fingerprint density at radius 1 is 0.412 bits per heavy atom. The quantitative estimate of drug-likeness (QED) is 0.0261. The number of amides is 1. The zero-order chi connectivity index (χ0) is 61.4. The largest absolute Gasteiger partial charge is 0.394 e. The van der Waals surface area contributed by atoms with Gasteiger partial charge in [0.25, 0.3) is 0 Å². The lowest BCUT2D eigenvalue weighted by atomic mass is 9.99. The van der Waals surface area contributed by atoms with E-state index in [1.54, 1.807) is 6.08 Å². The van der Waals surface area contributed by atoms with Crippen molar-refractivity contribution in [3.05, 3.63) is 85.1 Å². The highest BCUT2D eigenvalue weighted by Crippen LogP contribution is 2.23. The molecule has 9 heteroatoms. The molecule has 1 saturated heterocycles. The van der Waals surface area contributed by atoms with Crippen molar-refractivity contribution in [1.82, 2.24) is 5.32 Å². The zero-order valence-electron chi connectivity index (χ0n) is 55.4. The van der Waals surface area contributed by atoms with Gasteiger partial charge in [0.05, 0.1) is 25.4 Å². The lowest BCUT2D eigenvalue weighted by molar-refractivity contribution is -0.302. The van der Waals surface area contributed by atoms with E-state index in [1.165, 1.54) is 238 Å². The maximum absolute atomic E-state index is 13.1. The van der Waals surface area contributed by atoms with Gasteiger partial charge in [0.2, 0.25) is 5.91 Å². The van der Waals surface area contributed by atoms with Crippen molar-refractivity contribution in [1.29, 1.82) is 0 Å². The van der Waals surface area contributed by atoms with Crippen LogP contribution in [0.3, 0.4) is 0 Å². The minimum absolute atomic E-state index is 0.173. The number of carbonyl (C=O) groups excluding carboxylic acids is 1. The van der Waals surface area contributed by atoms with Crippen LogP contribution in [0.25, 0.3) is 0 Å². The summed E-state index contributed by atoms with van der Waals surface area (Å²) in [6.07, 6.45) is 85.5. The van der Waals surface area contributed by atoms with Crippen LogP contribution in [0, 0.1) is 0 Å². The summed E-state index contributed by atoms with van der Waals surface area (Å²) >= 11 is 0. The molecule has 7 atom stereocenters. The standard InChI is InChI=1S/C76H137NO8/c1-3-5-7-9-11-13-15-17-19-21-23-25-27-29-30-31-32-33-34-35-36-37-38-39-40-42-44-46-48-50-52-54-56-58-60-62-64-66-72(80)77-69(68-84-76-75(83)74(82)73(81)71(67-78)85-76)70(79)65-63-61-59-57-55-53-51-49-47-45-43-41-28-26-24-22-20-18-16-14-12-10-8-6-4-2/h5,7,11,13,17,19,23,25,29-30,32-33,63,65,69-71,73-76,78-79,81-83H,3-4,6,8-10,12,14-16,18,20-22,24,26-28,31,34-62,64,66-68H2,1-2H3,(H,77,80)/b7-5-,13-11-,19-17-,25-23-,30-29-,33-32-,65-63+. The second-order valence-electron chi connectivity index (χ2n) is 25.0. The molecule has 1 heterocycles. The molecule has 1 fully saturated rings. The lowest BCUT2D eigenvalue weighted by Crippen LogP contribution is -2.60. The minimum Gasteiger partial charge on any atom is -0.394 e. The van der Waals surface area contributed by atoms with Gasteiger partial charge in [-0.3, -0.25) is 4.79 Å². The Kier molecular flexibility index (Phi) is 60.9. The first-order valence-corrected chi connectivity index (χ1v) is 36.3. The molecule has 0 aromatic heterocycles. The van der Waals surface area contributed by atoms with Gasteiger partial charge in [0, 0.05) is 6.42 Å². The number of carbonyl (C=O) groups is 1. The molecular formula is C76H137NO8. The number of hydrogen-bond donors (Lipinski definition) is 6. The Balaban J connectivity index is 2.10. The molecule has 1 rings (SSSR count). The van der Waals surface area contributed by atoms with E-state index in [9.17, 15) is 30.3 Å². The van der Waals surface area contributed by atoms with Crippen LogP contribution in [0.4, 0.5) is 0 Å². The SMILES string of the molecule is CC/C=C\C/C=C\C/C=C\C/C=C\C/C=C\C/C=C\CCCCCCCCCCCCCCCCCCCCC(=O)NC(COC1OC(CO)C(O)C(O)C1O)C(O)/C=C/CCCCCCCCCCCCCCCCCCCCCCCCC. The molecule has 0 saturated carbocycles. The first-order chi connectivity index (χ1) is 41.8. The number of aliphatic hydroxyl groups excluding tert-OH is 5. The molecule has 0 aromatic carbocycles. The van der Waals surface area contributed by atoms with E-state index in [4.69, 9.17) is 9.47 Å². The van der Waals surface area contributed by atoms with Crippen LogP contribution in [0.5, 0.6) is 0 Å². The van der Waals surface area contributed by atoms with Gasteiger partial charge in [-0.25, -0.2) is 0 Å². The molecule has 85 heavy (non-hydrogen) atoms. The van der Waals surface area contributed by atoms with E-state index in [-0.39, 0.29) is 12.5 Å². The van der Waals surface area contributed by atoms with Gasteiger partial charge in [0.15, 0.2) is 6.29 Å². The number of nitrogens with one attached hydrogen (secondary N) is 1. The summed E-state index contributed by atoms with van der Waals surface area (Å²) in [5.74, 6) is -0.173.